The SMILES string of the molecule is COc1cc2nn(C)cc2cc1NC(=O)c1c(C2CC2)cc(N2CCC(N(C(=O)OC(C)(C)C)C3CC3)CC2)c2cn(C)nc12. The van der Waals surface area contributed by atoms with Gasteiger partial charge in [-0.25, -0.2) is 4.79 Å². The van der Waals surface area contributed by atoms with Gasteiger partial charge in [0.2, 0.25) is 0 Å². The normalized spacial score (nSPS) is 17.6. The van der Waals surface area contributed by atoms with E-state index in [1.165, 1.54) is 0 Å². The number of piperidine rings is 1. The van der Waals surface area contributed by atoms with E-state index in [0.29, 0.717) is 28.4 Å². The van der Waals surface area contributed by atoms with Gasteiger partial charge in [-0.3, -0.25) is 14.2 Å². The van der Waals surface area contributed by atoms with Crippen LogP contribution in [0.1, 0.15) is 81.1 Å². The van der Waals surface area contributed by atoms with Crippen molar-refractivity contribution < 1.29 is 19.1 Å². The van der Waals surface area contributed by atoms with Gasteiger partial charge in [0.15, 0.2) is 0 Å². The van der Waals surface area contributed by atoms with Gasteiger partial charge in [0, 0.05) is 74.2 Å². The van der Waals surface area contributed by atoms with E-state index in [4.69, 9.17) is 14.6 Å². The molecule has 1 saturated heterocycles. The van der Waals surface area contributed by atoms with Crippen molar-refractivity contribution in [3.8, 4) is 5.75 Å². The first kappa shape index (κ1) is 29.4. The van der Waals surface area contributed by atoms with Crippen molar-refractivity contribution in [2.75, 3.05) is 30.4 Å². The Morgan fingerprint density at radius 3 is 2.27 bits per heavy atom. The van der Waals surface area contributed by atoms with Crippen LogP contribution in [0.5, 0.6) is 5.75 Å². The molecule has 2 saturated carbocycles. The quantitative estimate of drug-likeness (QED) is 0.274. The Kier molecular flexibility index (Phi) is 7.17. The molecule has 0 bridgehead atoms. The third-order valence-electron chi connectivity index (χ3n) is 9.10. The van der Waals surface area contributed by atoms with Gasteiger partial charge in [-0.1, -0.05) is 0 Å². The Bertz CT molecular complexity index is 1790. The first-order valence-electron chi connectivity index (χ1n) is 16.1. The van der Waals surface area contributed by atoms with Gasteiger partial charge in [-0.15, -0.1) is 0 Å². The van der Waals surface area contributed by atoms with Crippen LogP contribution in [0, 0.1) is 0 Å². The number of rotatable bonds is 7. The van der Waals surface area contributed by atoms with Gasteiger partial charge in [0.1, 0.15) is 16.9 Å². The Morgan fingerprint density at radius 1 is 0.933 bits per heavy atom. The molecule has 3 aliphatic rings. The molecule has 0 atom stereocenters. The number of fused-ring (bicyclic) bond motifs is 2. The molecule has 1 aliphatic heterocycles. The fraction of sp³-hybridized carbons (Fsp3) is 0.529. The highest BCUT2D eigenvalue weighted by Crippen LogP contribution is 2.46. The lowest BCUT2D eigenvalue weighted by Gasteiger charge is -2.40. The Balaban J connectivity index is 1.18. The molecule has 2 aromatic carbocycles. The van der Waals surface area contributed by atoms with Crippen molar-refractivity contribution in [2.45, 2.75) is 82.9 Å². The molecule has 1 N–H and O–H groups in total. The van der Waals surface area contributed by atoms with Crippen LogP contribution in [0.2, 0.25) is 0 Å². The van der Waals surface area contributed by atoms with Gasteiger partial charge in [0.25, 0.3) is 5.91 Å². The van der Waals surface area contributed by atoms with Crippen molar-refractivity contribution >= 4 is 45.2 Å². The highest BCUT2D eigenvalue weighted by molar-refractivity contribution is 6.16. The fourth-order valence-corrected chi connectivity index (χ4v) is 6.79. The summed E-state index contributed by atoms with van der Waals surface area (Å²) in [6.07, 6.45) is 9.69. The van der Waals surface area contributed by atoms with E-state index in [1.807, 2.05) is 64.3 Å². The minimum Gasteiger partial charge on any atom is -0.494 e. The maximum atomic E-state index is 14.1. The summed E-state index contributed by atoms with van der Waals surface area (Å²) in [4.78, 5) is 31.7. The second-order valence-corrected chi connectivity index (χ2v) is 13.9. The second kappa shape index (κ2) is 11.0. The predicted octanol–water partition coefficient (Wildman–Crippen LogP) is 5.97. The Labute approximate surface area is 263 Å². The molecule has 3 heterocycles. The fourth-order valence-electron chi connectivity index (χ4n) is 6.79. The summed E-state index contributed by atoms with van der Waals surface area (Å²) in [7, 11) is 5.38. The molecular formula is C34H43N7O4. The minimum atomic E-state index is -0.513. The van der Waals surface area contributed by atoms with Gasteiger partial charge < -0.3 is 24.6 Å². The number of amides is 2. The number of hydrogen-bond acceptors (Lipinski definition) is 7. The van der Waals surface area contributed by atoms with Crippen LogP contribution < -0.4 is 15.0 Å². The van der Waals surface area contributed by atoms with E-state index in [9.17, 15) is 9.59 Å². The monoisotopic (exact) mass is 613 g/mol. The number of nitrogens with one attached hydrogen (secondary N) is 1. The molecule has 3 fully saturated rings. The number of nitrogens with zero attached hydrogens (tertiary/aromatic N) is 6. The van der Waals surface area contributed by atoms with E-state index >= 15 is 0 Å². The molecule has 2 aliphatic carbocycles. The molecule has 11 heteroatoms. The second-order valence-electron chi connectivity index (χ2n) is 13.9. The number of carbonyl (C=O) groups is 2. The van der Waals surface area contributed by atoms with Crippen molar-refractivity contribution in [1.29, 1.82) is 0 Å². The average molecular weight is 614 g/mol. The van der Waals surface area contributed by atoms with Crippen LogP contribution in [0.3, 0.4) is 0 Å². The van der Waals surface area contributed by atoms with Crippen molar-refractivity contribution in [3.05, 3.63) is 41.7 Å². The zero-order chi connectivity index (χ0) is 31.6. The standard InChI is InChI=1S/C34H43N7O4/c1-34(2,3)45-33(43)41(22-9-10-22)23-11-13-40(14-12-23)28-16-24(20-7-8-20)30(31-25(28)19-39(5)37-31)32(42)35-27-15-21-18-38(4)36-26(21)17-29(27)44-6/h15-20,22-23H,7-14H2,1-6H3,(H,35,42). The molecule has 11 nitrogen and oxygen atoms in total. The molecule has 45 heavy (non-hydrogen) atoms. The first-order chi connectivity index (χ1) is 21.5. The molecule has 0 radical (unpaired) electrons. The smallest absolute Gasteiger partial charge is 0.410 e. The molecule has 0 unspecified atom stereocenters. The maximum Gasteiger partial charge on any atom is 0.410 e. The highest BCUT2D eigenvalue weighted by atomic mass is 16.6. The van der Waals surface area contributed by atoms with Crippen LogP contribution in [0.15, 0.2) is 30.6 Å². The van der Waals surface area contributed by atoms with Gasteiger partial charge in [0.05, 0.1) is 23.9 Å². The van der Waals surface area contributed by atoms with Crippen LogP contribution in [-0.4, -0.2) is 74.3 Å². The summed E-state index contributed by atoms with van der Waals surface area (Å²) in [5.41, 5.74) is 4.39. The Morgan fingerprint density at radius 2 is 1.62 bits per heavy atom. The van der Waals surface area contributed by atoms with Gasteiger partial charge in [-0.2, -0.15) is 10.2 Å². The van der Waals surface area contributed by atoms with E-state index in [-0.39, 0.29) is 24.1 Å². The number of methoxy groups -OCH3 is 1. The van der Waals surface area contributed by atoms with Crippen LogP contribution in [0.4, 0.5) is 16.2 Å². The van der Waals surface area contributed by atoms with E-state index < -0.39 is 5.60 Å². The summed E-state index contributed by atoms with van der Waals surface area (Å²) < 4.78 is 15.0. The molecule has 2 amide bonds. The van der Waals surface area contributed by atoms with E-state index in [0.717, 1.165) is 79.2 Å². The highest BCUT2D eigenvalue weighted by Gasteiger charge is 2.41. The summed E-state index contributed by atoms with van der Waals surface area (Å²) in [6.45, 7) is 7.41. The van der Waals surface area contributed by atoms with Gasteiger partial charge in [-0.05, 0) is 82.9 Å². The molecule has 238 valence electrons. The number of anilines is 2. The number of aromatic nitrogens is 4. The van der Waals surface area contributed by atoms with E-state index in [2.05, 4.69) is 21.4 Å². The predicted molar refractivity (Wildman–Crippen MR) is 174 cm³/mol. The van der Waals surface area contributed by atoms with Crippen molar-refractivity contribution in [2.24, 2.45) is 14.1 Å². The maximum absolute atomic E-state index is 14.1. The van der Waals surface area contributed by atoms with E-state index in [1.54, 1.807) is 16.5 Å². The molecule has 7 rings (SSSR count). The van der Waals surface area contributed by atoms with Crippen molar-refractivity contribution in [1.82, 2.24) is 24.5 Å². The summed E-state index contributed by atoms with van der Waals surface area (Å²) in [5, 5.41) is 14.4. The topological polar surface area (TPSA) is 107 Å². The summed E-state index contributed by atoms with van der Waals surface area (Å²) in [5.74, 6) is 0.699. The van der Waals surface area contributed by atoms with Crippen molar-refractivity contribution in [3.63, 3.8) is 0 Å². The van der Waals surface area contributed by atoms with Crippen LogP contribution >= 0.6 is 0 Å². The van der Waals surface area contributed by atoms with Crippen LogP contribution in [0.25, 0.3) is 21.8 Å². The summed E-state index contributed by atoms with van der Waals surface area (Å²) >= 11 is 0. The van der Waals surface area contributed by atoms with Crippen LogP contribution in [-0.2, 0) is 18.8 Å². The zero-order valence-corrected chi connectivity index (χ0v) is 27.1. The number of hydrogen-bond donors (Lipinski definition) is 1. The van der Waals surface area contributed by atoms with Gasteiger partial charge >= 0.3 is 6.09 Å². The average Bonchev–Trinajstić information content (AvgIpc) is 3.91. The third kappa shape index (κ3) is 5.80. The number of benzene rings is 2. The number of aryl methyl sites for hydroxylation is 2. The molecule has 2 aromatic heterocycles. The first-order valence-corrected chi connectivity index (χ1v) is 16.1. The lowest BCUT2D eigenvalue weighted by molar-refractivity contribution is 0.0114. The lowest BCUT2D eigenvalue weighted by atomic mass is 9.95. The largest absolute Gasteiger partial charge is 0.494 e. The number of carbonyl (C=O) groups excluding carboxylic acids is 2. The number of ether oxygens (including phenoxy) is 2. The third-order valence-corrected chi connectivity index (χ3v) is 9.10. The zero-order valence-electron chi connectivity index (χ0n) is 27.1. The summed E-state index contributed by atoms with van der Waals surface area (Å²) in [6, 6.07) is 6.44. The minimum absolute atomic E-state index is 0.160. The molecule has 0 spiro atoms. The molecule has 4 aromatic rings. The Hall–Kier alpha value is -4.28. The lowest BCUT2D eigenvalue weighted by Crippen LogP contribution is -2.50. The molecular weight excluding hydrogens is 570 g/mol.